The quantitative estimate of drug-likeness (QED) is 0.500. The monoisotopic (exact) mass is 464 g/mol. The lowest BCUT2D eigenvalue weighted by atomic mass is 9.96. The molecule has 0 aliphatic carbocycles. The van der Waals surface area contributed by atoms with Crippen molar-refractivity contribution in [3.8, 4) is 11.4 Å². The molecule has 0 spiro atoms. The van der Waals surface area contributed by atoms with Crippen molar-refractivity contribution < 1.29 is 9.32 Å². The van der Waals surface area contributed by atoms with Crippen LogP contribution in [0.1, 0.15) is 18.7 Å². The summed E-state index contributed by atoms with van der Waals surface area (Å²) in [6, 6.07) is 12.8. The Balaban J connectivity index is 1.30. The third-order valence-electron chi connectivity index (χ3n) is 5.09. The predicted molar refractivity (Wildman–Crippen MR) is 118 cm³/mol. The van der Waals surface area contributed by atoms with Gasteiger partial charge in [0.15, 0.2) is 0 Å². The molecule has 1 N–H and O–H groups in total. The number of hydrogen-bond acceptors (Lipinski definition) is 5. The summed E-state index contributed by atoms with van der Waals surface area (Å²) in [7, 11) is 0. The second kappa shape index (κ2) is 9.35. The highest BCUT2D eigenvalue weighted by Gasteiger charge is 2.26. The molecular formula is C21H19Cl3N4O2. The highest BCUT2D eigenvalue weighted by Crippen LogP contribution is 2.33. The van der Waals surface area contributed by atoms with Gasteiger partial charge in [-0.1, -0.05) is 70.3 Å². The first-order valence-corrected chi connectivity index (χ1v) is 10.7. The number of halogens is 3. The largest absolute Gasteiger partial charge is 0.338 e. The summed E-state index contributed by atoms with van der Waals surface area (Å²) < 4.78 is 5.39. The summed E-state index contributed by atoms with van der Waals surface area (Å²) in [5, 5.41) is 7.98. The van der Waals surface area contributed by atoms with E-state index in [4.69, 9.17) is 39.3 Å². The molecule has 0 saturated carbocycles. The SMILES string of the molecule is O=C(Nc1cc(Cl)c(Cl)cc1Cl)C1CCN(Cc2nc(-c3ccccc3)no2)CC1. The van der Waals surface area contributed by atoms with Crippen LogP contribution in [0, 0.1) is 5.92 Å². The fourth-order valence-electron chi connectivity index (χ4n) is 3.42. The van der Waals surface area contributed by atoms with Gasteiger partial charge in [0.05, 0.1) is 27.3 Å². The van der Waals surface area contributed by atoms with E-state index in [2.05, 4.69) is 20.4 Å². The summed E-state index contributed by atoms with van der Waals surface area (Å²) in [5.41, 5.74) is 1.39. The Labute approximate surface area is 189 Å². The number of amides is 1. The van der Waals surface area contributed by atoms with Crippen LogP contribution < -0.4 is 5.32 Å². The van der Waals surface area contributed by atoms with Gasteiger partial charge in [-0.05, 0) is 38.1 Å². The molecule has 1 fully saturated rings. The van der Waals surface area contributed by atoms with Gasteiger partial charge in [0.2, 0.25) is 17.6 Å². The number of nitrogens with one attached hydrogen (secondary N) is 1. The molecule has 4 rings (SSSR count). The Morgan fingerprint density at radius 2 is 1.77 bits per heavy atom. The molecule has 0 atom stereocenters. The van der Waals surface area contributed by atoms with Gasteiger partial charge in [-0.3, -0.25) is 9.69 Å². The van der Waals surface area contributed by atoms with Crippen LogP contribution in [0.5, 0.6) is 0 Å². The molecule has 1 amide bonds. The van der Waals surface area contributed by atoms with Gasteiger partial charge < -0.3 is 9.84 Å². The molecule has 9 heteroatoms. The zero-order valence-electron chi connectivity index (χ0n) is 15.9. The lowest BCUT2D eigenvalue weighted by Crippen LogP contribution is -2.37. The summed E-state index contributed by atoms with van der Waals surface area (Å²) in [6.45, 7) is 2.08. The highest BCUT2D eigenvalue weighted by molar-refractivity contribution is 6.44. The normalized spacial score (nSPS) is 15.3. The Morgan fingerprint density at radius 3 is 2.50 bits per heavy atom. The van der Waals surface area contributed by atoms with E-state index in [0.29, 0.717) is 39.0 Å². The molecule has 156 valence electrons. The molecular weight excluding hydrogens is 447 g/mol. The van der Waals surface area contributed by atoms with Crippen LogP contribution >= 0.6 is 34.8 Å². The highest BCUT2D eigenvalue weighted by atomic mass is 35.5. The maximum absolute atomic E-state index is 12.6. The molecule has 0 unspecified atom stereocenters. The maximum atomic E-state index is 12.6. The van der Waals surface area contributed by atoms with Gasteiger partial charge in [-0.2, -0.15) is 4.98 Å². The van der Waals surface area contributed by atoms with Crippen LogP contribution in [-0.2, 0) is 11.3 Å². The van der Waals surface area contributed by atoms with Gasteiger partial charge in [0.1, 0.15) is 0 Å². The van der Waals surface area contributed by atoms with Gasteiger partial charge in [-0.15, -0.1) is 0 Å². The number of aromatic nitrogens is 2. The number of likely N-dealkylation sites (tertiary alicyclic amines) is 1. The van der Waals surface area contributed by atoms with E-state index in [9.17, 15) is 4.79 Å². The standard InChI is InChI=1S/C21H19Cl3N4O2/c22-15-10-17(24)18(11-16(15)23)25-21(29)14-6-8-28(9-7-14)12-19-26-20(27-30-19)13-4-2-1-3-5-13/h1-5,10-11,14H,6-9,12H2,(H,25,29). The Hall–Kier alpha value is -2.12. The van der Waals surface area contributed by atoms with Crippen molar-refractivity contribution in [1.82, 2.24) is 15.0 Å². The van der Waals surface area contributed by atoms with Crippen molar-refractivity contribution in [2.45, 2.75) is 19.4 Å². The number of piperidine rings is 1. The summed E-state index contributed by atoms with van der Waals surface area (Å²) in [5.74, 6) is 0.978. The van der Waals surface area contributed by atoms with Crippen molar-refractivity contribution in [3.05, 3.63) is 63.4 Å². The maximum Gasteiger partial charge on any atom is 0.241 e. The van der Waals surface area contributed by atoms with Crippen molar-refractivity contribution in [1.29, 1.82) is 0 Å². The zero-order valence-corrected chi connectivity index (χ0v) is 18.2. The molecule has 3 aromatic rings. The predicted octanol–water partition coefficient (Wildman–Crippen LogP) is 5.55. The minimum Gasteiger partial charge on any atom is -0.338 e. The third-order valence-corrected chi connectivity index (χ3v) is 6.12. The van der Waals surface area contributed by atoms with Crippen LogP contribution in [0.25, 0.3) is 11.4 Å². The number of rotatable bonds is 5. The average molecular weight is 466 g/mol. The minimum atomic E-state index is -0.102. The molecule has 6 nitrogen and oxygen atoms in total. The van der Waals surface area contributed by atoms with Crippen LogP contribution in [0.3, 0.4) is 0 Å². The summed E-state index contributed by atoms with van der Waals surface area (Å²) in [6.07, 6.45) is 1.45. The van der Waals surface area contributed by atoms with E-state index in [-0.39, 0.29) is 11.8 Å². The van der Waals surface area contributed by atoms with Gasteiger partial charge in [0.25, 0.3) is 0 Å². The summed E-state index contributed by atoms with van der Waals surface area (Å²) in [4.78, 5) is 19.3. The Bertz CT molecular complexity index is 1030. The van der Waals surface area contributed by atoms with Crippen molar-refractivity contribution in [2.75, 3.05) is 18.4 Å². The lowest BCUT2D eigenvalue weighted by molar-refractivity contribution is -0.121. The van der Waals surface area contributed by atoms with E-state index < -0.39 is 0 Å². The van der Waals surface area contributed by atoms with Crippen LogP contribution in [0.4, 0.5) is 5.69 Å². The number of carbonyl (C=O) groups excluding carboxylic acids is 1. The van der Waals surface area contributed by atoms with E-state index >= 15 is 0 Å². The molecule has 0 radical (unpaired) electrons. The molecule has 1 aliphatic heterocycles. The van der Waals surface area contributed by atoms with Crippen LogP contribution in [0.2, 0.25) is 15.1 Å². The molecule has 1 aromatic heterocycles. The molecule has 0 bridgehead atoms. The van der Waals surface area contributed by atoms with E-state index in [1.165, 1.54) is 6.07 Å². The minimum absolute atomic E-state index is 0.0703. The zero-order chi connectivity index (χ0) is 21.1. The first-order chi connectivity index (χ1) is 14.5. The first-order valence-electron chi connectivity index (χ1n) is 9.55. The van der Waals surface area contributed by atoms with Gasteiger partial charge in [0, 0.05) is 11.5 Å². The van der Waals surface area contributed by atoms with Crippen molar-refractivity contribution in [2.24, 2.45) is 5.92 Å². The van der Waals surface area contributed by atoms with E-state index in [0.717, 1.165) is 31.5 Å². The number of carbonyl (C=O) groups is 1. The number of benzene rings is 2. The number of nitrogens with zero attached hydrogens (tertiary/aromatic N) is 3. The lowest BCUT2D eigenvalue weighted by Gasteiger charge is -2.30. The number of anilines is 1. The van der Waals surface area contributed by atoms with Gasteiger partial charge in [-0.25, -0.2) is 0 Å². The van der Waals surface area contributed by atoms with Crippen molar-refractivity contribution >= 4 is 46.4 Å². The second-order valence-corrected chi connectivity index (χ2v) is 8.39. The number of hydrogen-bond donors (Lipinski definition) is 1. The second-order valence-electron chi connectivity index (χ2n) is 7.16. The fourth-order valence-corrected chi connectivity index (χ4v) is 4.02. The Morgan fingerprint density at radius 1 is 1.07 bits per heavy atom. The van der Waals surface area contributed by atoms with E-state index in [1.54, 1.807) is 6.07 Å². The molecule has 1 saturated heterocycles. The topological polar surface area (TPSA) is 71.3 Å². The molecule has 1 aliphatic rings. The average Bonchev–Trinajstić information content (AvgIpc) is 3.21. The molecule has 30 heavy (non-hydrogen) atoms. The Kier molecular flexibility index (Phi) is 6.58. The molecule has 2 aromatic carbocycles. The van der Waals surface area contributed by atoms with Crippen molar-refractivity contribution in [3.63, 3.8) is 0 Å². The van der Waals surface area contributed by atoms with Crippen LogP contribution in [0.15, 0.2) is 47.0 Å². The smallest absolute Gasteiger partial charge is 0.241 e. The molecule has 2 heterocycles. The van der Waals surface area contributed by atoms with Crippen LogP contribution in [-0.4, -0.2) is 34.0 Å². The fraction of sp³-hybridized carbons (Fsp3) is 0.286. The third kappa shape index (κ3) is 4.95. The van der Waals surface area contributed by atoms with E-state index in [1.807, 2.05) is 30.3 Å². The van der Waals surface area contributed by atoms with Gasteiger partial charge >= 0.3 is 0 Å². The summed E-state index contributed by atoms with van der Waals surface area (Å²) >= 11 is 18.1. The first kappa shape index (κ1) is 21.1.